The Labute approximate surface area is 233 Å². The fourth-order valence-electron chi connectivity index (χ4n) is 4.27. The molecular formula is C26H36N4O7SSi. The van der Waals surface area contributed by atoms with Crippen molar-refractivity contribution in [2.24, 2.45) is 0 Å². The van der Waals surface area contributed by atoms with Crippen LogP contribution in [0.15, 0.2) is 42.6 Å². The third-order valence-electron chi connectivity index (χ3n) is 7.20. The van der Waals surface area contributed by atoms with E-state index in [2.05, 4.69) is 52.0 Å². The summed E-state index contributed by atoms with van der Waals surface area (Å²) in [5.41, 5.74) is 0.272. The molecule has 1 saturated heterocycles. The Hall–Kier alpha value is -3.16. The van der Waals surface area contributed by atoms with Crippen LogP contribution in [0.3, 0.4) is 0 Å². The fourth-order valence-corrected chi connectivity index (χ4v) is 6.75. The summed E-state index contributed by atoms with van der Waals surface area (Å²) in [5, 5.41) is 21.9. The molecule has 0 unspecified atom stereocenters. The van der Waals surface area contributed by atoms with Gasteiger partial charge in [0.2, 0.25) is 0 Å². The van der Waals surface area contributed by atoms with E-state index in [1.54, 1.807) is 11.0 Å². The van der Waals surface area contributed by atoms with E-state index in [9.17, 15) is 24.8 Å². The summed E-state index contributed by atoms with van der Waals surface area (Å²) >= 11 is 1.12. The molecule has 1 aliphatic rings. The normalized spacial score (nSPS) is 17.8. The maximum atomic E-state index is 12.9. The highest BCUT2D eigenvalue weighted by Gasteiger charge is 2.44. The van der Waals surface area contributed by atoms with Gasteiger partial charge in [-0.3, -0.25) is 10.1 Å². The Morgan fingerprint density at radius 1 is 1.31 bits per heavy atom. The summed E-state index contributed by atoms with van der Waals surface area (Å²) in [6.07, 6.45) is 1.81. The van der Waals surface area contributed by atoms with Gasteiger partial charge in [0.25, 0.3) is 0 Å². The standard InChI is InChI=1S/C26H36N4O7SSi/c1-8-10-17-11-12-20-21(22(17)30(34)35)27-23(29(20)24(31)32)38-16-18-14-19(37-39(6,7)26(3,4)5)15-28(18)25(33)36-13-9-2/h8-9,11-12,18-19H,1-2,10,13-16H2,3-7H3,(H,31,32)/t18-,19-/m1/s1. The number of fused-ring (bicyclic) bond motifs is 1. The van der Waals surface area contributed by atoms with Crippen molar-refractivity contribution in [2.45, 2.75) is 69.0 Å². The lowest BCUT2D eigenvalue weighted by molar-refractivity contribution is -0.383. The van der Waals surface area contributed by atoms with Crippen LogP contribution in [0.1, 0.15) is 32.8 Å². The van der Waals surface area contributed by atoms with Gasteiger partial charge in [0, 0.05) is 23.9 Å². The third kappa shape index (κ3) is 6.53. The van der Waals surface area contributed by atoms with Crippen LogP contribution in [0.2, 0.25) is 18.1 Å². The number of carbonyl (C=O) groups is 2. The first kappa shape index (κ1) is 30.4. The second kappa shape index (κ2) is 11.9. The van der Waals surface area contributed by atoms with Gasteiger partial charge in [-0.2, -0.15) is 0 Å². The van der Waals surface area contributed by atoms with Crippen LogP contribution in [0.4, 0.5) is 15.3 Å². The largest absolute Gasteiger partial charge is 0.464 e. The van der Waals surface area contributed by atoms with E-state index in [1.807, 2.05) is 0 Å². The number of ether oxygens (including phenoxy) is 1. The molecule has 1 fully saturated rings. The van der Waals surface area contributed by atoms with Crippen molar-refractivity contribution in [3.8, 4) is 0 Å². The highest BCUT2D eigenvalue weighted by molar-refractivity contribution is 7.99. The Morgan fingerprint density at radius 2 is 2.00 bits per heavy atom. The van der Waals surface area contributed by atoms with Gasteiger partial charge in [-0.05, 0) is 43.1 Å². The number of carboxylic acid groups (broad SMARTS) is 1. The molecular weight excluding hydrogens is 540 g/mol. The maximum Gasteiger partial charge on any atom is 0.418 e. The molecule has 2 aromatic rings. The second-order valence-electron chi connectivity index (χ2n) is 10.9. The first-order valence-electron chi connectivity index (χ1n) is 12.6. The number of nitro benzene ring substituents is 1. The van der Waals surface area contributed by atoms with Crippen LogP contribution in [0.25, 0.3) is 11.0 Å². The Morgan fingerprint density at radius 3 is 2.56 bits per heavy atom. The van der Waals surface area contributed by atoms with Gasteiger partial charge < -0.3 is 19.2 Å². The highest BCUT2D eigenvalue weighted by Crippen LogP contribution is 2.40. The molecule has 3 rings (SSSR count). The first-order chi connectivity index (χ1) is 18.2. The van der Waals surface area contributed by atoms with Crippen LogP contribution in [0, 0.1) is 10.1 Å². The van der Waals surface area contributed by atoms with Crippen LogP contribution >= 0.6 is 11.8 Å². The third-order valence-corrected chi connectivity index (χ3v) is 12.8. The minimum absolute atomic E-state index is 0.00272. The molecule has 0 radical (unpaired) electrons. The smallest absolute Gasteiger partial charge is 0.418 e. The molecule has 1 aromatic heterocycles. The lowest BCUT2D eigenvalue weighted by atomic mass is 10.1. The number of nitrogens with zero attached hydrogens (tertiary/aromatic N) is 4. The zero-order valence-electron chi connectivity index (χ0n) is 23.0. The van der Waals surface area contributed by atoms with E-state index >= 15 is 0 Å². The van der Waals surface area contributed by atoms with Crippen molar-refractivity contribution in [3.05, 3.63) is 53.1 Å². The summed E-state index contributed by atoms with van der Waals surface area (Å²) in [7, 11) is -2.12. The van der Waals surface area contributed by atoms with Gasteiger partial charge in [-0.15, -0.1) is 6.58 Å². The van der Waals surface area contributed by atoms with Crippen molar-refractivity contribution in [1.82, 2.24) is 14.5 Å². The second-order valence-corrected chi connectivity index (χ2v) is 16.7. The molecule has 0 spiro atoms. The summed E-state index contributed by atoms with van der Waals surface area (Å²) in [5.74, 6) is 0.296. The zero-order valence-corrected chi connectivity index (χ0v) is 24.8. The van der Waals surface area contributed by atoms with Crippen LogP contribution in [-0.4, -0.2) is 76.0 Å². The van der Waals surface area contributed by atoms with E-state index in [0.29, 0.717) is 24.3 Å². The van der Waals surface area contributed by atoms with Crippen molar-refractivity contribution in [2.75, 3.05) is 18.9 Å². The Bertz CT molecular complexity index is 1290. The summed E-state index contributed by atoms with van der Waals surface area (Å²) in [4.78, 5) is 42.4. The van der Waals surface area contributed by atoms with Gasteiger partial charge in [0.1, 0.15) is 6.61 Å². The van der Waals surface area contributed by atoms with E-state index in [4.69, 9.17) is 9.16 Å². The number of hydrogen-bond donors (Lipinski definition) is 1. The Balaban J connectivity index is 1.93. The molecule has 2 heterocycles. The van der Waals surface area contributed by atoms with Crippen molar-refractivity contribution >= 4 is 49.0 Å². The summed E-state index contributed by atoms with van der Waals surface area (Å²) in [6.45, 7) is 18.4. The molecule has 2 atom stereocenters. The lowest BCUT2D eigenvalue weighted by Gasteiger charge is -2.38. The molecule has 11 nitrogen and oxygen atoms in total. The number of likely N-dealkylation sites (tertiary alicyclic amines) is 1. The quantitative estimate of drug-likeness (QED) is 0.117. The molecule has 1 N–H and O–H groups in total. The number of allylic oxidation sites excluding steroid dienone is 1. The van der Waals surface area contributed by atoms with Gasteiger partial charge >= 0.3 is 17.9 Å². The average Bonchev–Trinajstić information content (AvgIpc) is 3.40. The van der Waals surface area contributed by atoms with Crippen molar-refractivity contribution in [1.29, 1.82) is 0 Å². The number of amides is 1. The van der Waals surface area contributed by atoms with Crippen molar-refractivity contribution in [3.63, 3.8) is 0 Å². The van der Waals surface area contributed by atoms with E-state index in [0.717, 1.165) is 16.3 Å². The van der Waals surface area contributed by atoms with E-state index < -0.39 is 25.4 Å². The van der Waals surface area contributed by atoms with Gasteiger partial charge in [0.15, 0.2) is 19.0 Å². The Kier molecular flexibility index (Phi) is 9.29. The number of imidazole rings is 1. The zero-order chi connectivity index (χ0) is 29.1. The average molecular weight is 577 g/mol. The minimum atomic E-state index is -2.12. The number of carbonyl (C=O) groups excluding carboxylic acids is 1. The number of thioether (sulfide) groups is 1. The predicted molar refractivity (Wildman–Crippen MR) is 153 cm³/mol. The summed E-state index contributed by atoms with van der Waals surface area (Å²) in [6, 6.07) is 2.72. The fraction of sp³-hybridized carbons (Fsp3) is 0.500. The number of nitro groups is 1. The van der Waals surface area contributed by atoms with Crippen LogP contribution in [-0.2, 0) is 15.6 Å². The molecule has 0 bridgehead atoms. The lowest BCUT2D eigenvalue weighted by Crippen LogP contribution is -2.44. The summed E-state index contributed by atoms with van der Waals surface area (Å²) < 4.78 is 12.8. The van der Waals surface area contributed by atoms with Crippen molar-refractivity contribution < 1.29 is 28.8 Å². The molecule has 39 heavy (non-hydrogen) atoms. The number of aromatic nitrogens is 2. The van der Waals surface area contributed by atoms with E-state index in [1.165, 1.54) is 18.2 Å². The van der Waals surface area contributed by atoms with Crippen LogP contribution in [0.5, 0.6) is 0 Å². The SMILES string of the molecule is C=CCOC(=O)N1C[C@H](O[Si](C)(C)C(C)(C)C)C[C@@H]1CSc1nc2c([N+](=O)[O-])c(CC=C)ccc2n1C(=O)O. The molecule has 13 heteroatoms. The van der Waals surface area contributed by atoms with Gasteiger partial charge in [-0.1, -0.05) is 51.3 Å². The molecule has 212 valence electrons. The topological polar surface area (TPSA) is 137 Å². The predicted octanol–water partition coefficient (Wildman–Crippen LogP) is 6.08. The van der Waals surface area contributed by atoms with E-state index in [-0.39, 0.29) is 52.1 Å². The van der Waals surface area contributed by atoms with Crippen LogP contribution < -0.4 is 0 Å². The molecule has 0 aliphatic carbocycles. The number of rotatable bonds is 10. The number of benzene rings is 1. The maximum absolute atomic E-state index is 12.9. The molecule has 1 aromatic carbocycles. The first-order valence-corrected chi connectivity index (χ1v) is 16.5. The molecule has 0 saturated carbocycles. The van der Waals surface area contributed by atoms with Gasteiger partial charge in [0.05, 0.1) is 16.5 Å². The minimum Gasteiger partial charge on any atom is -0.464 e. The van der Waals surface area contributed by atoms with Gasteiger partial charge in [-0.25, -0.2) is 19.1 Å². The monoisotopic (exact) mass is 576 g/mol. The highest BCUT2D eigenvalue weighted by atomic mass is 32.2. The molecule has 1 aliphatic heterocycles. The number of hydrogen-bond acceptors (Lipinski definition) is 8. The molecule has 1 amide bonds.